The summed E-state index contributed by atoms with van der Waals surface area (Å²) in [6, 6.07) is 7.01. The van der Waals surface area contributed by atoms with Crippen molar-refractivity contribution >= 4 is 9.84 Å². The number of rotatable bonds is 6. The first kappa shape index (κ1) is 14.2. The summed E-state index contributed by atoms with van der Waals surface area (Å²) in [6.45, 7) is 2.98. The molecule has 4 nitrogen and oxygen atoms in total. The molecule has 0 aliphatic carbocycles. The average Bonchev–Trinajstić information content (AvgIpc) is 2.36. The van der Waals surface area contributed by atoms with Gasteiger partial charge in [-0.25, -0.2) is 8.42 Å². The number of likely N-dealkylation sites (N-methyl/N-ethyl adjacent to an activating group) is 1. The number of hydrogen-bond donors (Lipinski definition) is 2. The van der Waals surface area contributed by atoms with E-state index in [2.05, 4.69) is 5.32 Å². The molecule has 0 heterocycles. The van der Waals surface area contributed by atoms with Crippen molar-refractivity contribution in [2.24, 2.45) is 5.73 Å². The zero-order valence-electron chi connectivity index (χ0n) is 10.3. The Morgan fingerprint density at radius 1 is 1.29 bits per heavy atom. The van der Waals surface area contributed by atoms with Gasteiger partial charge in [-0.1, -0.05) is 19.1 Å². The van der Waals surface area contributed by atoms with E-state index in [0.717, 1.165) is 12.1 Å². The maximum Gasteiger partial charge on any atom is 0.178 e. The van der Waals surface area contributed by atoms with E-state index in [0.29, 0.717) is 11.4 Å². The molecule has 1 aromatic rings. The molecular formula is C12H20N2O2S. The average molecular weight is 256 g/mol. The molecule has 0 spiro atoms. The number of hydrogen-bond acceptors (Lipinski definition) is 4. The molecule has 0 aromatic heterocycles. The summed E-state index contributed by atoms with van der Waals surface area (Å²) in [7, 11) is -1.23. The van der Waals surface area contributed by atoms with Gasteiger partial charge in [0.1, 0.15) is 0 Å². The van der Waals surface area contributed by atoms with Crippen molar-refractivity contribution in [3.63, 3.8) is 0 Å². The van der Waals surface area contributed by atoms with Crippen molar-refractivity contribution < 1.29 is 8.42 Å². The van der Waals surface area contributed by atoms with Crippen molar-refractivity contribution in [2.75, 3.05) is 25.9 Å². The van der Waals surface area contributed by atoms with Crippen LogP contribution in [0.3, 0.4) is 0 Å². The van der Waals surface area contributed by atoms with Gasteiger partial charge in [-0.05, 0) is 24.7 Å². The Labute approximate surface area is 103 Å². The van der Waals surface area contributed by atoms with Gasteiger partial charge in [0.05, 0.1) is 10.6 Å². The van der Waals surface area contributed by atoms with Crippen LogP contribution < -0.4 is 11.1 Å². The van der Waals surface area contributed by atoms with Crippen molar-refractivity contribution in [1.29, 1.82) is 0 Å². The number of nitrogens with one attached hydrogen (secondary N) is 1. The van der Waals surface area contributed by atoms with E-state index in [9.17, 15) is 8.42 Å². The van der Waals surface area contributed by atoms with Gasteiger partial charge in [0.2, 0.25) is 0 Å². The van der Waals surface area contributed by atoms with Crippen LogP contribution in [0.2, 0.25) is 0 Å². The van der Waals surface area contributed by atoms with Crippen molar-refractivity contribution in [3.8, 4) is 0 Å². The minimum atomic E-state index is -3.11. The summed E-state index contributed by atoms with van der Waals surface area (Å²) in [5.74, 6) is 0.349. The van der Waals surface area contributed by atoms with E-state index in [4.69, 9.17) is 5.73 Å². The minimum Gasteiger partial charge on any atom is -0.330 e. The fourth-order valence-electron chi connectivity index (χ4n) is 1.70. The third-order valence-corrected chi connectivity index (χ3v) is 4.58. The molecule has 17 heavy (non-hydrogen) atoms. The van der Waals surface area contributed by atoms with Gasteiger partial charge >= 0.3 is 0 Å². The van der Waals surface area contributed by atoms with Crippen molar-refractivity contribution in [3.05, 3.63) is 29.8 Å². The number of nitrogens with two attached hydrogens (primary N) is 1. The van der Waals surface area contributed by atoms with Gasteiger partial charge in [0.25, 0.3) is 0 Å². The van der Waals surface area contributed by atoms with Crippen LogP contribution in [0.25, 0.3) is 0 Å². The summed E-state index contributed by atoms with van der Waals surface area (Å²) >= 11 is 0. The minimum absolute atomic E-state index is 0.128. The second kappa shape index (κ2) is 6.14. The van der Waals surface area contributed by atoms with Gasteiger partial charge in [0.15, 0.2) is 9.84 Å². The largest absolute Gasteiger partial charge is 0.330 e. The molecule has 0 bridgehead atoms. The van der Waals surface area contributed by atoms with Crippen molar-refractivity contribution in [2.45, 2.75) is 17.7 Å². The van der Waals surface area contributed by atoms with Crippen LogP contribution in [0.4, 0.5) is 0 Å². The molecule has 0 saturated heterocycles. The molecule has 1 atom stereocenters. The normalized spacial score (nSPS) is 13.6. The molecular weight excluding hydrogens is 236 g/mol. The van der Waals surface area contributed by atoms with E-state index < -0.39 is 9.84 Å². The van der Waals surface area contributed by atoms with E-state index in [-0.39, 0.29) is 11.7 Å². The summed E-state index contributed by atoms with van der Waals surface area (Å²) < 4.78 is 23.3. The lowest BCUT2D eigenvalue weighted by Gasteiger charge is -2.14. The SMILES string of the molecule is CCS(=O)(=O)c1ccc(C(CN)CNC)cc1. The van der Waals surface area contributed by atoms with Gasteiger partial charge in [-0.15, -0.1) is 0 Å². The fraction of sp³-hybridized carbons (Fsp3) is 0.500. The predicted molar refractivity (Wildman–Crippen MR) is 69.9 cm³/mol. The zero-order valence-corrected chi connectivity index (χ0v) is 11.1. The van der Waals surface area contributed by atoms with Gasteiger partial charge in [-0.2, -0.15) is 0 Å². The molecule has 0 aliphatic heterocycles. The molecule has 1 aromatic carbocycles. The van der Waals surface area contributed by atoms with Crippen LogP contribution >= 0.6 is 0 Å². The first-order valence-corrected chi connectivity index (χ1v) is 7.37. The monoisotopic (exact) mass is 256 g/mol. The molecule has 96 valence electrons. The standard InChI is InChI=1S/C12H20N2O2S/c1-3-17(15,16)12-6-4-10(5-7-12)11(8-13)9-14-2/h4-7,11,14H,3,8-9,13H2,1-2H3. The summed E-state index contributed by atoms with van der Waals surface area (Å²) in [4.78, 5) is 0.379. The lowest BCUT2D eigenvalue weighted by molar-refractivity contribution is 0.597. The van der Waals surface area contributed by atoms with Crippen LogP contribution in [-0.4, -0.2) is 34.3 Å². The van der Waals surface area contributed by atoms with E-state index in [1.807, 2.05) is 19.2 Å². The van der Waals surface area contributed by atoms with Gasteiger partial charge < -0.3 is 11.1 Å². The first-order valence-electron chi connectivity index (χ1n) is 5.72. The lowest BCUT2D eigenvalue weighted by Crippen LogP contribution is -2.24. The highest BCUT2D eigenvalue weighted by atomic mass is 32.2. The maximum absolute atomic E-state index is 11.6. The Morgan fingerprint density at radius 2 is 1.88 bits per heavy atom. The highest BCUT2D eigenvalue weighted by Crippen LogP contribution is 2.18. The molecule has 0 fully saturated rings. The molecule has 0 radical (unpaired) electrons. The van der Waals surface area contributed by atoms with Crippen molar-refractivity contribution in [1.82, 2.24) is 5.32 Å². The molecule has 1 unspecified atom stereocenters. The molecule has 1 rings (SSSR count). The lowest BCUT2D eigenvalue weighted by atomic mass is 9.99. The first-order chi connectivity index (χ1) is 8.05. The third kappa shape index (κ3) is 3.52. The van der Waals surface area contributed by atoms with E-state index >= 15 is 0 Å². The topological polar surface area (TPSA) is 72.2 Å². The molecule has 5 heteroatoms. The second-order valence-corrected chi connectivity index (χ2v) is 6.24. The maximum atomic E-state index is 11.6. The van der Waals surface area contributed by atoms with Crippen LogP contribution in [0, 0.1) is 0 Å². The Balaban J connectivity index is 2.95. The number of benzene rings is 1. The van der Waals surface area contributed by atoms with Crippen LogP contribution in [0.15, 0.2) is 29.2 Å². The van der Waals surface area contributed by atoms with Crippen LogP contribution in [0.1, 0.15) is 18.4 Å². The molecule has 0 amide bonds. The van der Waals surface area contributed by atoms with Crippen LogP contribution in [-0.2, 0) is 9.84 Å². The fourth-order valence-corrected chi connectivity index (χ4v) is 2.58. The quantitative estimate of drug-likeness (QED) is 0.787. The highest BCUT2D eigenvalue weighted by molar-refractivity contribution is 7.91. The van der Waals surface area contributed by atoms with E-state index in [1.165, 1.54) is 0 Å². The molecule has 0 saturated carbocycles. The van der Waals surface area contributed by atoms with Gasteiger partial charge in [-0.3, -0.25) is 0 Å². The Kier molecular flexibility index (Phi) is 5.11. The molecule has 3 N–H and O–H groups in total. The summed E-state index contributed by atoms with van der Waals surface area (Å²) in [5, 5.41) is 3.07. The second-order valence-electron chi connectivity index (χ2n) is 3.96. The summed E-state index contributed by atoms with van der Waals surface area (Å²) in [5.41, 5.74) is 6.75. The summed E-state index contributed by atoms with van der Waals surface area (Å²) in [6.07, 6.45) is 0. The van der Waals surface area contributed by atoms with E-state index in [1.54, 1.807) is 19.1 Å². The van der Waals surface area contributed by atoms with Crippen LogP contribution in [0.5, 0.6) is 0 Å². The smallest absolute Gasteiger partial charge is 0.178 e. The molecule has 0 aliphatic rings. The zero-order chi connectivity index (χ0) is 12.9. The Hall–Kier alpha value is -0.910. The predicted octanol–water partition coefficient (Wildman–Crippen LogP) is 0.742. The third-order valence-electron chi connectivity index (χ3n) is 2.83. The number of sulfone groups is 1. The van der Waals surface area contributed by atoms with Gasteiger partial charge in [0, 0.05) is 19.0 Å². The Morgan fingerprint density at radius 3 is 2.29 bits per heavy atom. The Bertz CT molecular complexity index is 440. The highest BCUT2D eigenvalue weighted by Gasteiger charge is 2.13.